The van der Waals surface area contributed by atoms with Crippen molar-refractivity contribution in [2.45, 2.75) is 26.7 Å². The molecule has 1 amide bonds. The fourth-order valence-corrected chi connectivity index (χ4v) is 1.05. The third kappa shape index (κ3) is 22.6. The molecule has 0 aliphatic carbocycles. The van der Waals surface area contributed by atoms with Gasteiger partial charge in [-0.05, 0) is 13.3 Å². The Bertz CT molecular complexity index is 400. The second kappa shape index (κ2) is 20.1. The standard InChI is InChI=1S/C8H12INO2.C6H8O2.K/c1-2-3-6-10(8(11)12)7-4-5-9;1-2-3-4-5-6(7)8;/h2-3,5-6H2,1H3,(H,11,12);2-5H,1H3,(H,7,8);/q;;+1/p-1/b;3-2+,5-4+;. The number of carboxylic acid groups (broad SMARTS) is 2. The van der Waals surface area contributed by atoms with Gasteiger partial charge < -0.3 is 15.0 Å². The molecule has 0 aromatic carbocycles. The molecule has 1 N–H and O–H groups in total. The van der Waals surface area contributed by atoms with E-state index in [1.165, 1.54) is 6.08 Å². The van der Waals surface area contributed by atoms with Gasteiger partial charge >= 0.3 is 57.4 Å². The van der Waals surface area contributed by atoms with E-state index >= 15 is 0 Å². The molecule has 0 aromatic rings. The quantitative estimate of drug-likeness (QED) is 0.116. The molecule has 0 aliphatic rings. The first-order chi connectivity index (χ1) is 9.49. The van der Waals surface area contributed by atoms with E-state index in [2.05, 4.69) is 34.6 Å². The molecule has 0 aliphatic heterocycles. The third-order valence-electron chi connectivity index (χ3n) is 1.78. The van der Waals surface area contributed by atoms with Gasteiger partial charge in [-0.15, -0.1) is 0 Å². The van der Waals surface area contributed by atoms with E-state index in [1.807, 2.05) is 13.8 Å². The largest absolute Gasteiger partial charge is 1.00 e. The molecule has 0 heterocycles. The molecular weight excluding hydrogens is 412 g/mol. The van der Waals surface area contributed by atoms with E-state index in [0.717, 1.165) is 23.8 Å². The molecule has 0 fully saturated rings. The summed E-state index contributed by atoms with van der Waals surface area (Å²) in [7, 11) is 0. The van der Waals surface area contributed by atoms with Crippen LogP contribution in [0.4, 0.5) is 4.79 Å². The summed E-state index contributed by atoms with van der Waals surface area (Å²) in [6, 6.07) is 2.52. The second-order valence-electron chi connectivity index (χ2n) is 3.42. The normalized spacial score (nSPS) is 9.10. The predicted octanol–water partition coefficient (Wildman–Crippen LogP) is -0.965. The number of amides is 1. The number of hydrogen-bond acceptors (Lipinski definition) is 3. The summed E-state index contributed by atoms with van der Waals surface area (Å²) in [4.78, 5) is 21.2. The van der Waals surface area contributed by atoms with Gasteiger partial charge in [-0.2, -0.15) is 0 Å². The Labute approximate surface area is 182 Å². The number of rotatable bonds is 5. The van der Waals surface area contributed by atoms with Gasteiger partial charge in [-0.3, -0.25) is 4.90 Å². The molecule has 21 heavy (non-hydrogen) atoms. The van der Waals surface area contributed by atoms with Gasteiger partial charge in [0.05, 0.1) is 4.43 Å². The Morgan fingerprint density at radius 2 is 2.00 bits per heavy atom. The maximum atomic E-state index is 10.4. The SMILES string of the molecule is C/C=C/C=C/C(=O)O.CCCCN(C#CCI)C(=O)[O-].[K+]. The summed E-state index contributed by atoms with van der Waals surface area (Å²) in [5.41, 5.74) is 0. The van der Waals surface area contributed by atoms with Gasteiger partial charge in [0.2, 0.25) is 0 Å². The number of carboxylic acids is 1. The molecule has 0 unspecified atom stereocenters. The molecule has 0 radical (unpaired) electrons. The van der Waals surface area contributed by atoms with Crippen LogP contribution in [0.15, 0.2) is 24.3 Å². The molecule has 0 bridgehead atoms. The average Bonchev–Trinajstić information content (AvgIpc) is 2.39. The Hall–Kier alpha value is 0.146. The number of halogens is 1. The van der Waals surface area contributed by atoms with E-state index in [0.29, 0.717) is 11.0 Å². The molecule has 0 spiro atoms. The van der Waals surface area contributed by atoms with Gasteiger partial charge in [-0.25, -0.2) is 4.79 Å². The van der Waals surface area contributed by atoms with Crippen LogP contribution in [0.25, 0.3) is 0 Å². The Morgan fingerprint density at radius 1 is 1.38 bits per heavy atom. The number of hydrogen-bond donors (Lipinski definition) is 1. The fraction of sp³-hybridized carbons (Fsp3) is 0.429. The second-order valence-corrected chi connectivity index (χ2v) is 4.18. The van der Waals surface area contributed by atoms with Gasteiger partial charge in [0.15, 0.2) is 0 Å². The number of unbranched alkanes of at least 4 members (excludes halogenated alkanes) is 1. The summed E-state index contributed by atoms with van der Waals surface area (Å²) < 4.78 is 0.633. The van der Waals surface area contributed by atoms with Crippen LogP contribution in [0.1, 0.15) is 26.7 Å². The Kier molecular flexibility index (Phi) is 25.0. The Balaban J connectivity index is -0.000000317. The van der Waals surface area contributed by atoms with E-state index in [4.69, 9.17) is 5.11 Å². The van der Waals surface area contributed by atoms with Crippen LogP contribution in [-0.4, -0.2) is 33.0 Å². The van der Waals surface area contributed by atoms with Crippen molar-refractivity contribution in [1.82, 2.24) is 4.90 Å². The van der Waals surface area contributed by atoms with Crippen LogP contribution >= 0.6 is 22.6 Å². The van der Waals surface area contributed by atoms with Crippen LogP contribution in [-0.2, 0) is 4.79 Å². The van der Waals surface area contributed by atoms with Crippen LogP contribution in [0.5, 0.6) is 0 Å². The van der Waals surface area contributed by atoms with E-state index < -0.39 is 12.1 Å². The van der Waals surface area contributed by atoms with Crippen molar-refractivity contribution in [2.24, 2.45) is 0 Å². The zero-order valence-corrected chi connectivity index (χ0v) is 17.9. The maximum absolute atomic E-state index is 10.4. The van der Waals surface area contributed by atoms with E-state index in [-0.39, 0.29) is 51.4 Å². The van der Waals surface area contributed by atoms with Crippen LogP contribution in [0.3, 0.4) is 0 Å². The van der Waals surface area contributed by atoms with Crippen molar-refractivity contribution in [2.75, 3.05) is 11.0 Å². The van der Waals surface area contributed by atoms with Gasteiger partial charge in [-0.1, -0.05) is 60.1 Å². The van der Waals surface area contributed by atoms with Crippen LogP contribution in [0.2, 0.25) is 0 Å². The first kappa shape index (κ1) is 26.1. The number of carbonyl (C=O) groups excluding carboxylic acids is 1. The number of carbonyl (C=O) groups is 2. The van der Waals surface area contributed by atoms with Gasteiger partial charge in [0, 0.05) is 18.7 Å². The van der Waals surface area contributed by atoms with Crippen molar-refractivity contribution in [3.05, 3.63) is 24.3 Å². The summed E-state index contributed by atoms with van der Waals surface area (Å²) in [6.45, 7) is 4.27. The zero-order valence-electron chi connectivity index (χ0n) is 12.6. The number of nitrogens with zero attached hydrogens (tertiary/aromatic N) is 1. The number of alkyl halides is 1. The topological polar surface area (TPSA) is 80.7 Å². The van der Waals surface area contributed by atoms with Crippen molar-refractivity contribution >= 4 is 34.7 Å². The van der Waals surface area contributed by atoms with Crippen molar-refractivity contribution < 1.29 is 71.2 Å². The number of aliphatic carboxylic acids is 1. The summed E-state index contributed by atoms with van der Waals surface area (Å²) in [6.07, 6.45) is 6.55. The molecule has 0 rings (SSSR count). The smallest absolute Gasteiger partial charge is 0.529 e. The van der Waals surface area contributed by atoms with Crippen molar-refractivity contribution in [1.29, 1.82) is 0 Å². The molecule has 0 saturated carbocycles. The molecule has 7 heteroatoms. The maximum Gasteiger partial charge on any atom is 1.00 e. The Morgan fingerprint density at radius 3 is 2.38 bits per heavy atom. The van der Waals surface area contributed by atoms with Crippen molar-refractivity contribution in [3.8, 4) is 12.0 Å². The predicted molar refractivity (Wildman–Crippen MR) is 85.3 cm³/mol. The monoisotopic (exact) mass is 431 g/mol. The molecule has 112 valence electrons. The summed E-state index contributed by atoms with van der Waals surface area (Å²) >= 11 is 2.07. The molecule has 0 saturated heterocycles. The number of allylic oxidation sites excluding steroid dienone is 3. The summed E-state index contributed by atoms with van der Waals surface area (Å²) in [5.74, 6) is 1.77. The van der Waals surface area contributed by atoms with Gasteiger partial charge in [0.1, 0.15) is 6.09 Å². The third-order valence-corrected chi connectivity index (χ3v) is 2.16. The van der Waals surface area contributed by atoms with Gasteiger partial charge in [0.25, 0.3) is 0 Å². The zero-order chi connectivity index (χ0) is 15.8. The average molecular weight is 431 g/mol. The van der Waals surface area contributed by atoms with E-state index in [1.54, 1.807) is 12.2 Å². The minimum absolute atomic E-state index is 0. The first-order valence-corrected chi connectivity index (χ1v) is 7.57. The minimum Gasteiger partial charge on any atom is -0.529 e. The minimum atomic E-state index is -1.21. The first-order valence-electron chi connectivity index (χ1n) is 6.04. The van der Waals surface area contributed by atoms with Crippen LogP contribution in [0, 0.1) is 12.0 Å². The van der Waals surface area contributed by atoms with E-state index in [9.17, 15) is 14.7 Å². The summed E-state index contributed by atoms with van der Waals surface area (Å²) in [5, 5.41) is 18.4. The fourth-order valence-electron chi connectivity index (χ4n) is 0.883. The molecule has 0 aromatic heterocycles. The molecular formula is C14H19IKNO4. The molecule has 5 nitrogen and oxygen atoms in total. The molecule has 0 atom stereocenters. The van der Waals surface area contributed by atoms with Crippen LogP contribution < -0.4 is 56.5 Å². The van der Waals surface area contributed by atoms with Crippen molar-refractivity contribution in [3.63, 3.8) is 0 Å².